The Morgan fingerprint density at radius 3 is 2.47 bits per heavy atom. The minimum absolute atomic E-state index is 0.129. The van der Waals surface area contributed by atoms with E-state index in [-0.39, 0.29) is 17.9 Å². The molecule has 1 amide bonds. The molecular weight excluding hydrogens is 190 g/mol. The third-order valence-corrected chi connectivity index (χ3v) is 2.65. The Balaban J connectivity index is 2.07. The Bertz CT molecular complexity index is 216. The molecule has 0 aromatic heterocycles. The fourth-order valence-corrected chi connectivity index (χ4v) is 1.56. The van der Waals surface area contributed by atoms with Gasteiger partial charge in [0, 0.05) is 18.6 Å². The summed E-state index contributed by atoms with van der Waals surface area (Å²) >= 11 is 0. The number of hydrogen-bond donors (Lipinski definition) is 1. The van der Waals surface area contributed by atoms with E-state index in [2.05, 4.69) is 26.1 Å². The first-order valence-electron chi connectivity index (χ1n) is 5.88. The van der Waals surface area contributed by atoms with Crippen LogP contribution in [0.2, 0.25) is 0 Å². The van der Waals surface area contributed by atoms with Crippen molar-refractivity contribution in [1.82, 2.24) is 5.32 Å². The molecule has 3 atom stereocenters. The van der Waals surface area contributed by atoms with Crippen LogP contribution in [0.15, 0.2) is 0 Å². The van der Waals surface area contributed by atoms with Gasteiger partial charge >= 0.3 is 0 Å². The summed E-state index contributed by atoms with van der Waals surface area (Å²) in [6.45, 7) is 9.73. The van der Waals surface area contributed by atoms with Gasteiger partial charge in [-0.2, -0.15) is 0 Å². The van der Waals surface area contributed by atoms with Crippen molar-refractivity contribution in [3.8, 4) is 0 Å². The van der Waals surface area contributed by atoms with Gasteiger partial charge in [-0.1, -0.05) is 20.8 Å². The minimum atomic E-state index is 0.129. The highest BCUT2D eigenvalue weighted by atomic mass is 16.5. The number of ether oxygens (including phenoxy) is 1. The third kappa shape index (κ3) is 4.65. The van der Waals surface area contributed by atoms with Gasteiger partial charge in [0.05, 0.1) is 6.61 Å². The topological polar surface area (TPSA) is 38.3 Å². The van der Waals surface area contributed by atoms with E-state index in [4.69, 9.17) is 4.74 Å². The SMILES string of the molecule is CC(C)COCC(C)NC(=O)C1CC1C. The maximum Gasteiger partial charge on any atom is 0.223 e. The molecule has 1 N–H and O–H groups in total. The van der Waals surface area contributed by atoms with Gasteiger partial charge in [-0.25, -0.2) is 0 Å². The summed E-state index contributed by atoms with van der Waals surface area (Å²) in [5, 5.41) is 2.98. The van der Waals surface area contributed by atoms with Gasteiger partial charge in [0.1, 0.15) is 0 Å². The molecular formula is C12H23NO2. The van der Waals surface area contributed by atoms with Crippen molar-refractivity contribution < 1.29 is 9.53 Å². The summed E-state index contributed by atoms with van der Waals surface area (Å²) in [6, 6.07) is 0.129. The normalized spacial score (nSPS) is 26.5. The zero-order valence-corrected chi connectivity index (χ0v) is 10.2. The maximum absolute atomic E-state index is 11.6. The number of carbonyl (C=O) groups is 1. The summed E-state index contributed by atoms with van der Waals surface area (Å²) in [5.74, 6) is 1.59. The van der Waals surface area contributed by atoms with Gasteiger partial charge in [0.2, 0.25) is 5.91 Å². The molecule has 1 saturated carbocycles. The molecule has 1 fully saturated rings. The fraction of sp³-hybridized carbons (Fsp3) is 0.917. The van der Waals surface area contributed by atoms with Crippen LogP contribution in [0.5, 0.6) is 0 Å². The van der Waals surface area contributed by atoms with Gasteiger partial charge in [0.25, 0.3) is 0 Å². The number of amides is 1. The summed E-state index contributed by atoms with van der Waals surface area (Å²) in [5.41, 5.74) is 0. The van der Waals surface area contributed by atoms with Crippen LogP contribution in [0.4, 0.5) is 0 Å². The zero-order valence-electron chi connectivity index (χ0n) is 10.2. The van der Waals surface area contributed by atoms with E-state index < -0.39 is 0 Å². The summed E-state index contributed by atoms with van der Waals surface area (Å²) in [4.78, 5) is 11.6. The molecule has 0 heterocycles. The van der Waals surface area contributed by atoms with Crippen molar-refractivity contribution in [2.24, 2.45) is 17.8 Å². The minimum Gasteiger partial charge on any atom is -0.379 e. The quantitative estimate of drug-likeness (QED) is 0.731. The lowest BCUT2D eigenvalue weighted by Crippen LogP contribution is -2.37. The zero-order chi connectivity index (χ0) is 11.4. The van der Waals surface area contributed by atoms with Crippen LogP contribution in [0, 0.1) is 17.8 Å². The first-order valence-corrected chi connectivity index (χ1v) is 5.88. The van der Waals surface area contributed by atoms with E-state index in [1.54, 1.807) is 0 Å². The monoisotopic (exact) mass is 213 g/mol. The number of nitrogens with one attached hydrogen (secondary N) is 1. The van der Waals surface area contributed by atoms with Gasteiger partial charge < -0.3 is 10.1 Å². The van der Waals surface area contributed by atoms with Crippen LogP contribution in [-0.2, 0) is 9.53 Å². The van der Waals surface area contributed by atoms with Gasteiger partial charge in [-0.3, -0.25) is 4.79 Å². The van der Waals surface area contributed by atoms with Crippen molar-refractivity contribution in [3.63, 3.8) is 0 Å². The molecule has 0 bridgehead atoms. The van der Waals surface area contributed by atoms with Crippen molar-refractivity contribution in [3.05, 3.63) is 0 Å². The van der Waals surface area contributed by atoms with E-state index in [1.165, 1.54) is 0 Å². The average Bonchev–Trinajstić information content (AvgIpc) is 2.81. The second-order valence-corrected chi connectivity index (χ2v) is 5.16. The van der Waals surface area contributed by atoms with Crippen molar-refractivity contribution in [2.45, 2.75) is 40.2 Å². The van der Waals surface area contributed by atoms with E-state index in [0.717, 1.165) is 13.0 Å². The van der Waals surface area contributed by atoms with E-state index in [0.29, 0.717) is 18.4 Å². The standard InChI is InChI=1S/C12H23NO2/c1-8(2)6-15-7-10(4)13-12(14)11-5-9(11)3/h8-11H,5-7H2,1-4H3,(H,13,14). The molecule has 3 unspecified atom stereocenters. The molecule has 0 aromatic rings. The van der Waals surface area contributed by atoms with Crippen LogP contribution in [0.3, 0.4) is 0 Å². The molecule has 1 aliphatic rings. The lowest BCUT2D eigenvalue weighted by atomic mass is 10.2. The van der Waals surface area contributed by atoms with Crippen LogP contribution in [-0.4, -0.2) is 25.2 Å². The number of carbonyl (C=O) groups excluding carboxylic acids is 1. The molecule has 88 valence electrons. The van der Waals surface area contributed by atoms with Crippen LogP contribution in [0.1, 0.15) is 34.1 Å². The average molecular weight is 213 g/mol. The molecule has 3 nitrogen and oxygen atoms in total. The van der Waals surface area contributed by atoms with E-state index in [1.807, 2.05) is 6.92 Å². The molecule has 1 aliphatic carbocycles. The highest BCUT2D eigenvalue weighted by Gasteiger charge is 2.39. The first-order chi connectivity index (χ1) is 7.00. The highest BCUT2D eigenvalue weighted by Crippen LogP contribution is 2.37. The summed E-state index contributed by atoms with van der Waals surface area (Å²) in [6.07, 6.45) is 1.05. The molecule has 0 spiro atoms. The van der Waals surface area contributed by atoms with Crippen LogP contribution in [0.25, 0.3) is 0 Å². The molecule has 0 aliphatic heterocycles. The maximum atomic E-state index is 11.6. The Morgan fingerprint density at radius 2 is 2.00 bits per heavy atom. The lowest BCUT2D eigenvalue weighted by Gasteiger charge is -2.15. The third-order valence-electron chi connectivity index (χ3n) is 2.65. The lowest BCUT2D eigenvalue weighted by molar-refractivity contribution is -0.123. The Morgan fingerprint density at radius 1 is 1.40 bits per heavy atom. The predicted octanol–water partition coefficient (Wildman–Crippen LogP) is 1.82. The summed E-state index contributed by atoms with van der Waals surface area (Å²) in [7, 11) is 0. The Kier molecular flexibility index (Phi) is 4.58. The van der Waals surface area contributed by atoms with Crippen molar-refractivity contribution in [1.29, 1.82) is 0 Å². The Hall–Kier alpha value is -0.570. The van der Waals surface area contributed by atoms with Crippen LogP contribution < -0.4 is 5.32 Å². The number of rotatable bonds is 6. The van der Waals surface area contributed by atoms with Crippen LogP contribution >= 0.6 is 0 Å². The summed E-state index contributed by atoms with van der Waals surface area (Å²) < 4.78 is 5.47. The van der Waals surface area contributed by atoms with Gasteiger partial charge in [0.15, 0.2) is 0 Å². The molecule has 3 heteroatoms. The first kappa shape index (κ1) is 12.5. The van der Waals surface area contributed by atoms with E-state index in [9.17, 15) is 4.79 Å². The molecule has 0 aromatic carbocycles. The van der Waals surface area contributed by atoms with Crippen molar-refractivity contribution >= 4 is 5.91 Å². The predicted molar refractivity (Wildman–Crippen MR) is 60.5 cm³/mol. The van der Waals surface area contributed by atoms with Gasteiger partial charge in [-0.15, -0.1) is 0 Å². The van der Waals surface area contributed by atoms with E-state index >= 15 is 0 Å². The number of hydrogen-bond acceptors (Lipinski definition) is 2. The second kappa shape index (κ2) is 5.50. The van der Waals surface area contributed by atoms with Gasteiger partial charge in [-0.05, 0) is 25.2 Å². The molecule has 0 saturated heterocycles. The highest BCUT2D eigenvalue weighted by molar-refractivity contribution is 5.81. The molecule has 1 rings (SSSR count). The second-order valence-electron chi connectivity index (χ2n) is 5.16. The molecule has 15 heavy (non-hydrogen) atoms. The van der Waals surface area contributed by atoms with Crippen molar-refractivity contribution in [2.75, 3.05) is 13.2 Å². The fourth-order valence-electron chi connectivity index (χ4n) is 1.56. The molecule has 0 radical (unpaired) electrons. The smallest absolute Gasteiger partial charge is 0.223 e. The Labute approximate surface area is 92.6 Å². The largest absolute Gasteiger partial charge is 0.379 e.